The minimum absolute atomic E-state index is 0. The molecule has 25 heavy (non-hydrogen) atoms. The van der Waals surface area contributed by atoms with Crippen LogP contribution in [0.4, 0.5) is 10.5 Å². The third kappa shape index (κ3) is 6.06. The second-order valence-corrected chi connectivity index (χ2v) is 7.48. The van der Waals surface area contributed by atoms with Crippen molar-refractivity contribution in [3.05, 3.63) is 28.8 Å². The zero-order valence-corrected chi connectivity index (χ0v) is 16.6. The number of carbonyl (C=O) groups is 2. The lowest BCUT2D eigenvalue weighted by Gasteiger charge is -2.34. The first-order valence-electron chi connectivity index (χ1n) is 8.08. The molecule has 6 nitrogen and oxygen atoms in total. The van der Waals surface area contributed by atoms with Gasteiger partial charge in [0.1, 0.15) is 0 Å². The van der Waals surface area contributed by atoms with Gasteiger partial charge < -0.3 is 20.9 Å². The number of nitrogens with one attached hydrogen (secondary N) is 3. The van der Waals surface area contributed by atoms with E-state index in [4.69, 9.17) is 11.6 Å². The van der Waals surface area contributed by atoms with Crippen LogP contribution in [0.5, 0.6) is 0 Å². The first kappa shape index (κ1) is 21.5. The van der Waals surface area contributed by atoms with E-state index in [1.807, 2.05) is 27.7 Å². The Kier molecular flexibility index (Phi) is 7.53. The fourth-order valence-corrected chi connectivity index (χ4v) is 2.77. The average molecular weight is 389 g/mol. The smallest absolute Gasteiger partial charge is 0.319 e. The van der Waals surface area contributed by atoms with Crippen LogP contribution in [-0.2, 0) is 0 Å². The van der Waals surface area contributed by atoms with Gasteiger partial charge in [0, 0.05) is 36.9 Å². The third-order valence-electron chi connectivity index (χ3n) is 3.71. The maximum absolute atomic E-state index is 12.8. The molecule has 1 aliphatic rings. The van der Waals surface area contributed by atoms with Crippen LogP contribution in [0.2, 0.25) is 5.02 Å². The summed E-state index contributed by atoms with van der Waals surface area (Å²) >= 11 is 6.21. The lowest BCUT2D eigenvalue weighted by molar-refractivity contribution is 0.0656. The van der Waals surface area contributed by atoms with Crippen LogP contribution in [-0.4, -0.2) is 48.1 Å². The van der Waals surface area contributed by atoms with Crippen molar-refractivity contribution < 1.29 is 9.59 Å². The minimum Gasteiger partial charge on any atom is -0.333 e. The largest absolute Gasteiger partial charge is 0.333 e. The van der Waals surface area contributed by atoms with E-state index < -0.39 is 0 Å². The predicted octanol–water partition coefficient (Wildman–Crippen LogP) is 3.12. The van der Waals surface area contributed by atoms with E-state index >= 15 is 0 Å². The Balaban J connectivity index is 0.00000312. The SMILES string of the molecule is C[C@H]1CNCCN1C(=O)c1cc(NC(=O)NC(C)(C)C)ccc1Cl.Cl. The molecule has 1 saturated heterocycles. The number of hydrogen-bond acceptors (Lipinski definition) is 3. The van der Waals surface area contributed by atoms with Gasteiger partial charge in [0.25, 0.3) is 5.91 Å². The van der Waals surface area contributed by atoms with E-state index in [0.29, 0.717) is 22.8 Å². The number of carbonyl (C=O) groups excluding carboxylic acids is 2. The van der Waals surface area contributed by atoms with Crippen LogP contribution >= 0.6 is 24.0 Å². The van der Waals surface area contributed by atoms with Crippen molar-refractivity contribution in [2.24, 2.45) is 0 Å². The molecule has 3 amide bonds. The molecule has 3 N–H and O–H groups in total. The van der Waals surface area contributed by atoms with E-state index in [9.17, 15) is 9.59 Å². The van der Waals surface area contributed by atoms with Gasteiger partial charge in [-0.3, -0.25) is 4.79 Å². The van der Waals surface area contributed by atoms with Gasteiger partial charge in [-0.05, 0) is 45.9 Å². The Hall–Kier alpha value is -1.50. The van der Waals surface area contributed by atoms with Gasteiger partial charge in [0.2, 0.25) is 0 Å². The summed E-state index contributed by atoms with van der Waals surface area (Å²) in [6.07, 6.45) is 0. The summed E-state index contributed by atoms with van der Waals surface area (Å²) in [6.45, 7) is 9.85. The standard InChI is InChI=1S/C17H25ClN4O2.ClH/c1-11-10-19-7-8-22(11)15(23)13-9-12(5-6-14(13)18)20-16(24)21-17(2,3)4;/h5-6,9,11,19H,7-8,10H2,1-4H3,(H2,20,21,24);1H/t11-;/m0./s1. The van der Waals surface area contributed by atoms with Gasteiger partial charge in [-0.1, -0.05) is 11.6 Å². The van der Waals surface area contributed by atoms with E-state index in [1.165, 1.54) is 0 Å². The molecule has 8 heteroatoms. The van der Waals surface area contributed by atoms with Crippen LogP contribution < -0.4 is 16.0 Å². The van der Waals surface area contributed by atoms with Crippen molar-refractivity contribution in [2.45, 2.75) is 39.3 Å². The Labute approximate surface area is 160 Å². The Morgan fingerprint density at radius 3 is 2.60 bits per heavy atom. The molecule has 1 aromatic rings. The summed E-state index contributed by atoms with van der Waals surface area (Å²) in [7, 11) is 0. The molecular formula is C17H26Cl2N4O2. The highest BCUT2D eigenvalue weighted by Gasteiger charge is 2.26. The van der Waals surface area contributed by atoms with Crippen molar-refractivity contribution in [1.82, 2.24) is 15.5 Å². The number of amides is 3. The van der Waals surface area contributed by atoms with Crippen molar-refractivity contribution >= 4 is 41.6 Å². The summed E-state index contributed by atoms with van der Waals surface area (Å²) in [5.41, 5.74) is 0.594. The molecule has 0 spiro atoms. The van der Waals surface area contributed by atoms with Crippen molar-refractivity contribution in [1.29, 1.82) is 0 Å². The van der Waals surface area contributed by atoms with Crippen LogP contribution in [0, 0.1) is 0 Å². The first-order chi connectivity index (χ1) is 11.2. The van der Waals surface area contributed by atoms with Crippen LogP contribution in [0.3, 0.4) is 0 Å². The molecular weight excluding hydrogens is 363 g/mol. The molecule has 1 atom stereocenters. The Morgan fingerprint density at radius 2 is 2.00 bits per heavy atom. The minimum atomic E-state index is -0.342. The summed E-state index contributed by atoms with van der Waals surface area (Å²) < 4.78 is 0. The van der Waals surface area contributed by atoms with Gasteiger partial charge in [0.05, 0.1) is 10.6 Å². The number of anilines is 1. The van der Waals surface area contributed by atoms with Gasteiger partial charge in [0.15, 0.2) is 0 Å². The molecule has 0 aromatic heterocycles. The zero-order valence-electron chi connectivity index (χ0n) is 15.0. The number of halogens is 2. The highest BCUT2D eigenvalue weighted by Crippen LogP contribution is 2.23. The maximum atomic E-state index is 12.8. The van der Waals surface area contributed by atoms with Crippen molar-refractivity contribution in [2.75, 3.05) is 25.0 Å². The van der Waals surface area contributed by atoms with Crippen molar-refractivity contribution in [3.8, 4) is 0 Å². The third-order valence-corrected chi connectivity index (χ3v) is 4.03. The second kappa shape index (κ2) is 8.74. The van der Waals surface area contributed by atoms with E-state index in [2.05, 4.69) is 16.0 Å². The molecule has 0 radical (unpaired) electrons. The quantitative estimate of drug-likeness (QED) is 0.728. The second-order valence-electron chi connectivity index (χ2n) is 7.08. The van der Waals surface area contributed by atoms with E-state index in [0.717, 1.165) is 13.1 Å². The fraction of sp³-hybridized carbons (Fsp3) is 0.529. The lowest BCUT2D eigenvalue weighted by atomic mass is 10.1. The van der Waals surface area contributed by atoms with Gasteiger partial charge >= 0.3 is 6.03 Å². The normalized spacial score (nSPS) is 17.5. The average Bonchev–Trinajstić information content (AvgIpc) is 2.47. The number of nitrogens with zero attached hydrogens (tertiary/aromatic N) is 1. The van der Waals surface area contributed by atoms with Crippen LogP contribution in [0.15, 0.2) is 18.2 Å². The van der Waals surface area contributed by atoms with Gasteiger partial charge in [-0.25, -0.2) is 4.79 Å². The number of urea groups is 1. The maximum Gasteiger partial charge on any atom is 0.319 e. The summed E-state index contributed by atoms with van der Waals surface area (Å²) in [4.78, 5) is 26.6. The van der Waals surface area contributed by atoms with Crippen molar-refractivity contribution in [3.63, 3.8) is 0 Å². The van der Waals surface area contributed by atoms with Crippen LogP contribution in [0.25, 0.3) is 0 Å². The zero-order chi connectivity index (χ0) is 17.9. The lowest BCUT2D eigenvalue weighted by Crippen LogP contribution is -2.52. The highest BCUT2D eigenvalue weighted by molar-refractivity contribution is 6.34. The molecule has 0 unspecified atom stereocenters. The van der Waals surface area contributed by atoms with Gasteiger partial charge in [-0.2, -0.15) is 0 Å². The molecule has 1 aromatic carbocycles. The highest BCUT2D eigenvalue weighted by atomic mass is 35.5. The molecule has 140 valence electrons. The molecule has 1 aliphatic heterocycles. The van der Waals surface area contributed by atoms with E-state index in [1.54, 1.807) is 23.1 Å². The number of piperazine rings is 1. The summed E-state index contributed by atoms with van der Waals surface area (Å²) in [5, 5.41) is 9.19. The molecule has 2 rings (SSSR count). The summed E-state index contributed by atoms with van der Waals surface area (Å²) in [5.74, 6) is -0.117. The number of benzene rings is 1. The molecule has 1 fully saturated rings. The molecule has 1 heterocycles. The number of hydrogen-bond donors (Lipinski definition) is 3. The van der Waals surface area contributed by atoms with E-state index in [-0.39, 0.29) is 35.9 Å². The predicted molar refractivity (Wildman–Crippen MR) is 104 cm³/mol. The molecule has 0 aliphatic carbocycles. The first-order valence-corrected chi connectivity index (χ1v) is 8.45. The fourth-order valence-electron chi connectivity index (χ4n) is 2.57. The topological polar surface area (TPSA) is 73.5 Å². The number of rotatable bonds is 2. The Morgan fingerprint density at radius 1 is 1.32 bits per heavy atom. The summed E-state index contributed by atoms with van der Waals surface area (Å²) in [6, 6.07) is 4.72. The molecule has 0 saturated carbocycles. The van der Waals surface area contributed by atoms with Gasteiger partial charge in [-0.15, -0.1) is 12.4 Å². The van der Waals surface area contributed by atoms with Crippen LogP contribution in [0.1, 0.15) is 38.1 Å². The Bertz CT molecular complexity index is 632. The monoisotopic (exact) mass is 388 g/mol. The molecule has 0 bridgehead atoms.